The topological polar surface area (TPSA) is 45.8 Å². The molecule has 1 aliphatic heterocycles. The van der Waals surface area contributed by atoms with Gasteiger partial charge in [0.15, 0.2) is 11.5 Å². The van der Waals surface area contributed by atoms with E-state index < -0.39 is 0 Å². The zero-order chi connectivity index (χ0) is 22.8. The number of fused-ring (bicyclic) bond motifs is 2. The lowest BCUT2D eigenvalue weighted by Crippen LogP contribution is -3.00. The summed E-state index contributed by atoms with van der Waals surface area (Å²) >= 11 is 1.61. The molecular formula is C27H25IN2O3S. The van der Waals surface area contributed by atoms with Gasteiger partial charge in [0.25, 0.3) is 0 Å². The first kappa shape index (κ1) is 24.3. The van der Waals surface area contributed by atoms with E-state index in [0.29, 0.717) is 11.5 Å². The van der Waals surface area contributed by atoms with Gasteiger partial charge in [-0.1, -0.05) is 47.7 Å². The Morgan fingerprint density at radius 1 is 1.00 bits per heavy atom. The summed E-state index contributed by atoms with van der Waals surface area (Å²) < 4.78 is 14.1. The van der Waals surface area contributed by atoms with Gasteiger partial charge in [-0.15, -0.1) is 0 Å². The molecule has 0 radical (unpaired) electrons. The van der Waals surface area contributed by atoms with Crippen molar-refractivity contribution in [2.24, 2.45) is 0 Å². The van der Waals surface area contributed by atoms with Gasteiger partial charge in [-0.3, -0.25) is 0 Å². The quantitative estimate of drug-likeness (QED) is 0.280. The molecule has 1 aliphatic rings. The molecule has 174 valence electrons. The Hall–Kier alpha value is -2.88. The molecule has 7 heteroatoms. The fourth-order valence-corrected chi connectivity index (χ4v) is 5.17. The zero-order valence-electron chi connectivity index (χ0n) is 18.9. The molecular weight excluding hydrogens is 559 g/mol. The van der Waals surface area contributed by atoms with E-state index in [4.69, 9.17) is 9.47 Å². The molecule has 5 rings (SSSR count). The number of methoxy groups -OCH3 is 2. The largest absolute Gasteiger partial charge is 1.00 e. The zero-order valence-corrected chi connectivity index (χ0v) is 21.9. The van der Waals surface area contributed by atoms with Crippen LogP contribution in [0, 0.1) is 0 Å². The van der Waals surface area contributed by atoms with Gasteiger partial charge in [-0.2, -0.15) is 4.57 Å². The third-order valence-electron chi connectivity index (χ3n) is 5.86. The summed E-state index contributed by atoms with van der Waals surface area (Å²) in [4.78, 5) is 2.19. The number of benzene rings is 3. The molecule has 4 aromatic rings. The number of nitrogens with zero attached hydrogens (tertiary/aromatic N) is 2. The Morgan fingerprint density at radius 3 is 2.44 bits per heavy atom. The minimum Gasteiger partial charge on any atom is -1.00 e. The van der Waals surface area contributed by atoms with Crippen LogP contribution in [0.2, 0.25) is 0 Å². The number of para-hydroxylation sites is 2. The summed E-state index contributed by atoms with van der Waals surface area (Å²) in [6, 6.07) is 22.4. The first-order valence-electron chi connectivity index (χ1n) is 10.7. The monoisotopic (exact) mass is 584 g/mol. The van der Waals surface area contributed by atoms with Crippen LogP contribution in [0.4, 0.5) is 11.4 Å². The summed E-state index contributed by atoms with van der Waals surface area (Å²) in [7, 11) is 3.27. The number of aliphatic hydroxyl groups is 1. The summed E-state index contributed by atoms with van der Waals surface area (Å²) in [6.45, 7) is -0.0211. The van der Waals surface area contributed by atoms with Gasteiger partial charge in [0, 0.05) is 23.5 Å². The normalized spacial score (nSPS) is 14.6. The maximum atomic E-state index is 10.3. The molecule has 0 fully saturated rings. The second-order valence-corrected chi connectivity index (χ2v) is 8.60. The van der Waals surface area contributed by atoms with E-state index in [2.05, 4.69) is 58.2 Å². The van der Waals surface area contributed by atoms with E-state index >= 15 is 0 Å². The Labute approximate surface area is 220 Å². The maximum absolute atomic E-state index is 10.3. The van der Waals surface area contributed by atoms with E-state index in [1.54, 1.807) is 25.6 Å². The maximum Gasteiger partial charge on any atom is 0.228 e. The molecule has 0 bridgehead atoms. The van der Waals surface area contributed by atoms with Gasteiger partial charge in [-0.05, 0) is 35.9 Å². The molecule has 1 unspecified atom stereocenters. The van der Waals surface area contributed by atoms with Gasteiger partial charge in [0.05, 0.1) is 26.0 Å². The van der Waals surface area contributed by atoms with Crippen LogP contribution in [0.5, 0.6) is 11.5 Å². The fourth-order valence-electron chi connectivity index (χ4n) is 4.21. The lowest BCUT2D eigenvalue weighted by Gasteiger charge is -2.28. The number of allylic oxidation sites excluding steroid dienone is 2. The van der Waals surface area contributed by atoms with Crippen molar-refractivity contribution in [3.63, 3.8) is 0 Å². The van der Waals surface area contributed by atoms with Crippen LogP contribution in [-0.4, -0.2) is 25.9 Å². The van der Waals surface area contributed by atoms with E-state index in [9.17, 15) is 5.11 Å². The first-order valence-corrected chi connectivity index (χ1v) is 11.6. The van der Waals surface area contributed by atoms with Crippen LogP contribution in [0.1, 0.15) is 11.6 Å². The number of thiazole rings is 1. The highest BCUT2D eigenvalue weighted by molar-refractivity contribution is 7.16. The molecule has 0 saturated carbocycles. The predicted molar refractivity (Wildman–Crippen MR) is 133 cm³/mol. The van der Waals surface area contributed by atoms with Crippen LogP contribution in [0.15, 0.2) is 90.6 Å². The van der Waals surface area contributed by atoms with Crippen molar-refractivity contribution in [3.05, 3.63) is 96.2 Å². The van der Waals surface area contributed by atoms with Crippen molar-refractivity contribution in [1.29, 1.82) is 0 Å². The highest BCUT2D eigenvalue weighted by Crippen LogP contribution is 2.38. The van der Waals surface area contributed by atoms with Crippen molar-refractivity contribution in [3.8, 4) is 11.5 Å². The van der Waals surface area contributed by atoms with Crippen molar-refractivity contribution >= 4 is 38.5 Å². The average molecular weight is 584 g/mol. The lowest BCUT2D eigenvalue weighted by atomic mass is 9.97. The van der Waals surface area contributed by atoms with Crippen molar-refractivity contribution in [2.75, 3.05) is 25.7 Å². The third-order valence-corrected chi connectivity index (χ3v) is 6.78. The molecule has 0 spiro atoms. The Kier molecular flexibility index (Phi) is 7.55. The molecule has 1 N–H and O–H groups in total. The predicted octanol–water partition coefficient (Wildman–Crippen LogP) is 2.49. The van der Waals surface area contributed by atoms with Crippen LogP contribution < -0.4 is 42.9 Å². The van der Waals surface area contributed by atoms with Crippen molar-refractivity contribution in [2.45, 2.75) is 6.04 Å². The number of anilines is 2. The second-order valence-electron chi connectivity index (χ2n) is 7.72. The van der Waals surface area contributed by atoms with E-state index in [0.717, 1.165) is 32.7 Å². The van der Waals surface area contributed by atoms with Crippen LogP contribution in [-0.2, 0) is 0 Å². The van der Waals surface area contributed by atoms with E-state index in [1.165, 1.54) is 0 Å². The van der Waals surface area contributed by atoms with Crippen LogP contribution in [0.3, 0.4) is 0 Å². The minimum atomic E-state index is -0.229. The third kappa shape index (κ3) is 4.43. The Bertz CT molecular complexity index is 1350. The Morgan fingerprint density at radius 2 is 1.71 bits per heavy atom. The van der Waals surface area contributed by atoms with Gasteiger partial charge in [0.2, 0.25) is 17.1 Å². The molecule has 1 aromatic heterocycles. The Balaban J connectivity index is 0.00000274. The van der Waals surface area contributed by atoms with Crippen LogP contribution in [0.25, 0.3) is 15.8 Å². The van der Waals surface area contributed by atoms with Crippen LogP contribution >= 0.6 is 11.3 Å². The van der Waals surface area contributed by atoms with E-state index in [1.807, 2.05) is 41.9 Å². The summed E-state index contributed by atoms with van der Waals surface area (Å²) in [5, 5.41) is 10.3. The summed E-state index contributed by atoms with van der Waals surface area (Å²) in [5.74, 6) is 1.37. The number of rotatable bonds is 6. The highest BCUT2D eigenvalue weighted by atomic mass is 127. The first-order chi connectivity index (χ1) is 16.2. The number of hydrogen-bond donors (Lipinski definition) is 1. The lowest BCUT2D eigenvalue weighted by molar-refractivity contribution is -0.684. The number of aliphatic hydroxyl groups excluding tert-OH is 1. The van der Waals surface area contributed by atoms with E-state index in [-0.39, 0.29) is 36.6 Å². The SMILES string of the molecule is COc1cc2sc[n+](C(C=C3C=CN(c4ccccc4)c4ccccc43)CO)c2cc1OC.[I-]. The van der Waals surface area contributed by atoms with Gasteiger partial charge < -0.3 is 43.5 Å². The second kappa shape index (κ2) is 10.6. The van der Waals surface area contributed by atoms with Crippen molar-refractivity contribution < 1.29 is 43.1 Å². The molecule has 1 atom stereocenters. The molecule has 34 heavy (non-hydrogen) atoms. The van der Waals surface area contributed by atoms with Gasteiger partial charge in [0.1, 0.15) is 11.3 Å². The number of ether oxygens (including phenoxy) is 2. The highest BCUT2D eigenvalue weighted by Gasteiger charge is 2.25. The molecule has 0 amide bonds. The van der Waals surface area contributed by atoms with Gasteiger partial charge in [-0.25, -0.2) is 0 Å². The fraction of sp³-hybridized carbons (Fsp3) is 0.148. The number of hydrogen-bond acceptors (Lipinski definition) is 5. The average Bonchev–Trinajstić information content (AvgIpc) is 3.29. The molecule has 2 heterocycles. The summed E-state index contributed by atoms with van der Waals surface area (Å²) in [6.07, 6.45) is 6.32. The smallest absolute Gasteiger partial charge is 0.228 e. The summed E-state index contributed by atoms with van der Waals surface area (Å²) in [5.41, 5.74) is 7.45. The molecule has 3 aromatic carbocycles. The number of aromatic nitrogens is 1. The van der Waals surface area contributed by atoms with Crippen molar-refractivity contribution in [1.82, 2.24) is 0 Å². The molecule has 0 aliphatic carbocycles. The van der Waals surface area contributed by atoms with Gasteiger partial charge >= 0.3 is 0 Å². The number of halogens is 1. The molecule has 0 saturated heterocycles. The molecule has 5 nitrogen and oxygen atoms in total. The minimum absolute atomic E-state index is 0. The standard InChI is InChI=1S/C27H25N2O3S.HI/c1-31-25-15-24-27(16-26(25)32-2)33-18-29(24)21(17-30)14-19-12-13-28(20-8-4-3-5-9-20)23-11-7-6-10-22(19)23;/h3-16,18,21,30H,17H2,1-2H3;1H/q+1;/p-1.